The number of carbonyl (C=O) groups excluding carboxylic acids is 1. The van der Waals surface area contributed by atoms with E-state index in [-0.39, 0.29) is 6.03 Å². The Balaban J connectivity index is 1.22. The molecule has 4 rings (SSSR count). The lowest BCUT2D eigenvalue weighted by atomic mass is 10.0. The average molecular weight is 438 g/mol. The number of amides is 2. The highest BCUT2D eigenvalue weighted by molar-refractivity contribution is 5.73. The number of nitrogens with one attached hydrogen (secondary N) is 2. The van der Waals surface area contributed by atoms with Gasteiger partial charge in [0.2, 0.25) is 0 Å². The van der Waals surface area contributed by atoms with Crippen molar-refractivity contribution in [3.05, 3.63) is 126 Å². The van der Waals surface area contributed by atoms with Crippen molar-refractivity contribution < 1.29 is 9.53 Å². The molecular weight excluding hydrogens is 410 g/mol. The first kappa shape index (κ1) is 22.2. The van der Waals surface area contributed by atoms with Crippen LogP contribution in [0.25, 0.3) is 11.1 Å². The van der Waals surface area contributed by atoms with Gasteiger partial charge in [-0.2, -0.15) is 0 Å². The molecule has 2 N–H and O–H groups in total. The van der Waals surface area contributed by atoms with Crippen LogP contribution < -0.4 is 10.6 Å². The van der Waals surface area contributed by atoms with E-state index in [0.29, 0.717) is 26.3 Å². The second-order valence-corrected chi connectivity index (χ2v) is 7.73. The summed E-state index contributed by atoms with van der Waals surface area (Å²) >= 11 is 0. The molecule has 0 fully saturated rings. The lowest BCUT2D eigenvalue weighted by Gasteiger charge is -2.11. The van der Waals surface area contributed by atoms with Crippen LogP contribution in [0, 0.1) is 0 Å². The Bertz CT molecular complexity index is 1150. The van der Waals surface area contributed by atoms with Crippen molar-refractivity contribution in [2.45, 2.75) is 26.3 Å². The Morgan fingerprint density at radius 3 is 2.15 bits per heavy atom. The molecule has 166 valence electrons. The van der Waals surface area contributed by atoms with E-state index in [9.17, 15) is 4.79 Å². The van der Waals surface area contributed by atoms with Crippen LogP contribution >= 0.6 is 0 Å². The molecule has 0 radical (unpaired) electrons. The number of benzene rings is 3. The fourth-order valence-corrected chi connectivity index (χ4v) is 3.51. The van der Waals surface area contributed by atoms with Crippen molar-refractivity contribution in [3.8, 4) is 11.1 Å². The van der Waals surface area contributed by atoms with Crippen LogP contribution in [-0.2, 0) is 31.0 Å². The normalized spacial score (nSPS) is 10.5. The van der Waals surface area contributed by atoms with Crippen LogP contribution in [0.15, 0.2) is 103 Å². The number of rotatable bonds is 9. The third-order valence-electron chi connectivity index (χ3n) is 5.28. The number of aromatic nitrogens is 1. The van der Waals surface area contributed by atoms with Crippen LogP contribution in [0.4, 0.5) is 4.79 Å². The summed E-state index contributed by atoms with van der Waals surface area (Å²) in [5, 5.41) is 5.70. The maximum atomic E-state index is 12.0. The van der Waals surface area contributed by atoms with Gasteiger partial charge in [0.15, 0.2) is 0 Å². The minimum Gasteiger partial charge on any atom is -0.372 e. The number of carbonyl (C=O) groups is 1. The standard InChI is InChI=1S/C28H27N3O2/c32-28(31-19-24-7-6-16-29-17-24)30-18-22-12-14-23(15-13-22)20-33-21-26-10-4-5-11-27(26)25-8-2-1-3-9-25/h1-17H,18-21H2,(H2,30,31,32). The summed E-state index contributed by atoms with van der Waals surface area (Å²) in [7, 11) is 0. The van der Waals surface area contributed by atoms with Gasteiger partial charge in [0.1, 0.15) is 0 Å². The molecule has 0 unspecified atom stereocenters. The van der Waals surface area contributed by atoms with Crippen molar-refractivity contribution in [3.63, 3.8) is 0 Å². The first-order valence-corrected chi connectivity index (χ1v) is 11.0. The zero-order valence-corrected chi connectivity index (χ0v) is 18.4. The molecule has 33 heavy (non-hydrogen) atoms. The van der Waals surface area contributed by atoms with E-state index in [1.165, 1.54) is 16.7 Å². The molecule has 0 bridgehead atoms. The highest BCUT2D eigenvalue weighted by atomic mass is 16.5. The maximum absolute atomic E-state index is 12.0. The van der Waals surface area contributed by atoms with Gasteiger partial charge in [-0.05, 0) is 39.4 Å². The summed E-state index contributed by atoms with van der Waals surface area (Å²) in [6.45, 7) is 1.99. The molecule has 0 aliphatic carbocycles. The maximum Gasteiger partial charge on any atom is 0.315 e. The zero-order chi connectivity index (χ0) is 22.7. The van der Waals surface area contributed by atoms with Gasteiger partial charge >= 0.3 is 6.03 Å². The number of hydrogen-bond donors (Lipinski definition) is 2. The fourth-order valence-electron chi connectivity index (χ4n) is 3.51. The first-order valence-electron chi connectivity index (χ1n) is 11.0. The third kappa shape index (κ3) is 6.76. The first-order chi connectivity index (χ1) is 16.3. The topological polar surface area (TPSA) is 63.2 Å². The molecule has 4 aromatic rings. The smallest absolute Gasteiger partial charge is 0.315 e. The minimum absolute atomic E-state index is 0.205. The Morgan fingerprint density at radius 2 is 1.39 bits per heavy atom. The van der Waals surface area contributed by atoms with Crippen molar-refractivity contribution in [1.82, 2.24) is 15.6 Å². The van der Waals surface area contributed by atoms with Gasteiger partial charge in [-0.3, -0.25) is 4.98 Å². The summed E-state index contributed by atoms with van der Waals surface area (Å²) in [6, 6.07) is 30.3. The van der Waals surface area contributed by atoms with Crippen LogP contribution in [0.3, 0.4) is 0 Å². The average Bonchev–Trinajstić information content (AvgIpc) is 2.88. The van der Waals surface area contributed by atoms with E-state index in [0.717, 1.165) is 16.7 Å². The molecule has 5 nitrogen and oxygen atoms in total. The molecule has 0 saturated heterocycles. The van der Waals surface area contributed by atoms with Crippen molar-refractivity contribution in [2.75, 3.05) is 0 Å². The summed E-state index contributed by atoms with van der Waals surface area (Å²) in [5.74, 6) is 0. The fraction of sp³-hybridized carbons (Fsp3) is 0.143. The Kier molecular flexibility index (Phi) is 7.82. The Labute approximate surface area is 194 Å². The summed E-state index contributed by atoms with van der Waals surface area (Å²) in [4.78, 5) is 16.0. The van der Waals surface area contributed by atoms with Gasteiger partial charge in [0, 0.05) is 25.5 Å². The molecular formula is C28H27N3O2. The lowest BCUT2D eigenvalue weighted by molar-refractivity contribution is 0.107. The van der Waals surface area contributed by atoms with Crippen molar-refractivity contribution in [1.29, 1.82) is 0 Å². The molecule has 0 aliphatic rings. The van der Waals surface area contributed by atoms with E-state index >= 15 is 0 Å². The second kappa shape index (κ2) is 11.6. The minimum atomic E-state index is -0.205. The Morgan fingerprint density at radius 1 is 0.697 bits per heavy atom. The monoisotopic (exact) mass is 437 g/mol. The molecule has 5 heteroatoms. The van der Waals surface area contributed by atoms with Gasteiger partial charge in [0.25, 0.3) is 0 Å². The highest BCUT2D eigenvalue weighted by Gasteiger charge is 2.05. The number of hydrogen-bond acceptors (Lipinski definition) is 3. The number of ether oxygens (including phenoxy) is 1. The van der Waals surface area contributed by atoms with E-state index in [1.807, 2.05) is 60.7 Å². The molecule has 0 aliphatic heterocycles. The number of pyridine rings is 1. The van der Waals surface area contributed by atoms with E-state index < -0.39 is 0 Å². The third-order valence-corrected chi connectivity index (χ3v) is 5.28. The van der Waals surface area contributed by atoms with Gasteiger partial charge in [-0.25, -0.2) is 4.79 Å². The molecule has 2 amide bonds. The zero-order valence-electron chi connectivity index (χ0n) is 18.4. The van der Waals surface area contributed by atoms with E-state index in [2.05, 4.69) is 45.9 Å². The molecule has 3 aromatic carbocycles. The van der Waals surface area contributed by atoms with Crippen LogP contribution in [0.1, 0.15) is 22.3 Å². The summed E-state index contributed by atoms with van der Waals surface area (Å²) in [5.41, 5.74) is 6.64. The predicted molar refractivity (Wildman–Crippen MR) is 130 cm³/mol. The number of urea groups is 1. The van der Waals surface area contributed by atoms with E-state index in [1.54, 1.807) is 12.4 Å². The van der Waals surface area contributed by atoms with Gasteiger partial charge in [-0.1, -0.05) is 84.9 Å². The highest BCUT2D eigenvalue weighted by Crippen LogP contribution is 2.24. The quantitative estimate of drug-likeness (QED) is 0.365. The summed E-state index contributed by atoms with van der Waals surface area (Å²) < 4.78 is 6.00. The second-order valence-electron chi connectivity index (χ2n) is 7.73. The SMILES string of the molecule is O=C(NCc1ccc(COCc2ccccc2-c2ccccc2)cc1)NCc1cccnc1. The molecule has 1 aromatic heterocycles. The van der Waals surface area contributed by atoms with Gasteiger partial charge in [-0.15, -0.1) is 0 Å². The molecule has 0 saturated carbocycles. The number of nitrogens with zero attached hydrogens (tertiary/aromatic N) is 1. The van der Waals surface area contributed by atoms with Crippen LogP contribution in [0.2, 0.25) is 0 Å². The molecule has 0 spiro atoms. The predicted octanol–water partition coefficient (Wildman–Crippen LogP) is 5.46. The lowest BCUT2D eigenvalue weighted by Crippen LogP contribution is -2.34. The van der Waals surface area contributed by atoms with Crippen LogP contribution in [0.5, 0.6) is 0 Å². The molecule has 0 atom stereocenters. The van der Waals surface area contributed by atoms with Crippen molar-refractivity contribution in [2.24, 2.45) is 0 Å². The van der Waals surface area contributed by atoms with Gasteiger partial charge < -0.3 is 15.4 Å². The molecule has 1 heterocycles. The largest absolute Gasteiger partial charge is 0.372 e. The van der Waals surface area contributed by atoms with Gasteiger partial charge in [0.05, 0.1) is 13.2 Å². The Hall–Kier alpha value is -3.96. The van der Waals surface area contributed by atoms with Crippen LogP contribution in [-0.4, -0.2) is 11.0 Å². The summed E-state index contributed by atoms with van der Waals surface area (Å²) in [6.07, 6.45) is 3.45. The van der Waals surface area contributed by atoms with E-state index in [4.69, 9.17) is 4.74 Å². The van der Waals surface area contributed by atoms with Crippen molar-refractivity contribution >= 4 is 6.03 Å².